The lowest BCUT2D eigenvalue weighted by Gasteiger charge is -2.56. The van der Waals surface area contributed by atoms with Crippen molar-refractivity contribution in [3.05, 3.63) is 36.5 Å². The van der Waals surface area contributed by atoms with E-state index in [1.807, 2.05) is 0 Å². The normalized spacial score (nSPS) is 23.8. The van der Waals surface area contributed by atoms with Crippen molar-refractivity contribution >= 4 is 17.9 Å². The molecule has 2 rings (SSSR count). The Bertz CT molecular complexity index is 1950. The summed E-state index contributed by atoms with van der Waals surface area (Å²) >= 11 is 0. The van der Waals surface area contributed by atoms with E-state index in [2.05, 4.69) is 57.2 Å². The van der Waals surface area contributed by atoms with Gasteiger partial charge < -0.3 is 64.5 Å². The number of carbonyl (C=O) groups is 3. The van der Waals surface area contributed by atoms with Crippen molar-refractivity contribution in [1.29, 1.82) is 0 Å². The molecule has 17 nitrogen and oxygen atoms in total. The first kappa shape index (κ1) is 88.3. The van der Waals surface area contributed by atoms with Crippen LogP contribution in [0.1, 0.15) is 367 Å². The third kappa shape index (κ3) is 36.9. The van der Waals surface area contributed by atoms with Crippen LogP contribution in [0.3, 0.4) is 0 Å². The Balaban J connectivity index is 2.19. The first-order valence-electron chi connectivity index (χ1n) is 39.2. The van der Waals surface area contributed by atoms with E-state index in [1.54, 1.807) is 0 Å². The Morgan fingerprint density at radius 1 is 0.347 bits per heavy atom. The molecule has 8 N–H and O–H groups in total. The Hall–Kier alpha value is -2.81. The third-order valence-electron chi connectivity index (χ3n) is 19.1. The summed E-state index contributed by atoms with van der Waals surface area (Å²) < 4.78 is 34.8. The third-order valence-corrected chi connectivity index (χ3v) is 19.1. The first-order chi connectivity index (χ1) is 46.2. The van der Waals surface area contributed by atoms with Crippen LogP contribution in [0.4, 0.5) is 0 Å². The Kier molecular flexibility index (Phi) is 52.9. The van der Waals surface area contributed by atoms with E-state index in [0.29, 0.717) is 19.3 Å². The van der Waals surface area contributed by atoms with Crippen molar-refractivity contribution in [2.75, 3.05) is 19.8 Å². The Morgan fingerprint density at radius 2 is 0.621 bits per heavy atom. The van der Waals surface area contributed by atoms with Crippen molar-refractivity contribution in [1.82, 2.24) is 0 Å². The Labute approximate surface area is 576 Å². The lowest BCUT2D eigenvalue weighted by molar-refractivity contribution is -0.587. The second-order valence-electron chi connectivity index (χ2n) is 27.7. The van der Waals surface area contributed by atoms with Crippen LogP contribution >= 0.6 is 0 Å². The zero-order valence-electron chi connectivity index (χ0n) is 60.4. The van der Waals surface area contributed by atoms with Gasteiger partial charge in [0.2, 0.25) is 5.79 Å². The molecule has 2 saturated heterocycles. The summed E-state index contributed by atoms with van der Waals surface area (Å²) in [5.41, 5.74) is 0. The lowest BCUT2D eigenvalue weighted by atomic mass is 9.88. The molecular formula is C78H142O17. The number of hydrogen-bond acceptors (Lipinski definition) is 17. The smallest absolute Gasteiger partial charge is 0.409 e. The van der Waals surface area contributed by atoms with Gasteiger partial charge in [-0.25, -0.2) is 0 Å². The van der Waals surface area contributed by atoms with E-state index in [0.717, 1.165) is 173 Å². The molecule has 0 bridgehead atoms. The molecular weight excluding hydrogens is 1210 g/mol. The largest absolute Gasteiger partial charge is 0.422 e. The summed E-state index contributed by atoms with van der Waals surface area (Å²) in [6.07, 6.45) is 56.2. The van der Waals surface area contributed by atoms with Crippen LogP contribution in [0.5, 0.6) is 0 Å². The predicted octanol–water partition coefficient (Wildman–Crippen LogP) is 17.0. The highest BCUT2D eigenvalue weighted by molar-refractivity contribution is 5.72. The molecule has 2 aliphatic rings. The fraction of sp³-hybridized carbons (Fsp3) is 0.885. The van der Waals surface area contributed by atoms with Crippen molar-refractivity contribution in [3.8, 4) is 0 Å². The molecule has 1 unspecified atom stereocenters. The highest BCUT2D eigenvalue weighted by Crippen LogP contribution is 2.52. The van der Waals surface area contributed by atoms with Crippen LogP contribution in [-0.2, 0) is 42.8 Å². The summed E-state index contributed by atoms with van der Waals surface area (Å²) in [6.45, 7) is 3.13. The van der Waals surface area contributed by atoms with Crippen LogP contribution in [-0.4, -0.2) is 132 Å². The summed E-state index contributed by atoms with van der Waals surface area (Å²) in [6, 6.07) is 0. The zero-order chi connectivity index (χ0) is 69.4. The molecule has 0 radical (unpaired) electrons. The average Bonchev–Trinajstić information content (AvgIpc) is 1.41. The van der Waals surface area contributed by atoms with E-state index >= 15 is 0 Å². The minimum Gasteiger partial charge on any atom is -0.422 e. The van der Waals surface area contributed by atoms with Crippen LogP contribution in [0.25, 0.3) is 0 Å². The summed E-state index contributed by atoms with van der Waals surface area (Å²) in [5.74, 6) is -18.5. The molecule has 0 aromatic heterocycles. The van der Waals surface area contributed by atoms with Gasteiger partial charge in [0.25, 0.3) is 0 Å². The number of ether oxygens (including phenoxy) is 6. The number of hydrogen-bond donors (Lipinski definition) is 8. The fourth-order valence-electron chi connectivity index (χ4n) is 12.9. The van der Waals surface area contributed by atoms with Crippen LogP contribution in [0.15, 0.2) is 36.5 Å². The van der Waals surface area contributed by atoms with E-state index < -0.39 is 98.0 Å². The quantitative estimate of drug-likeness (QED) is 0.00924. The maximum atomic E-state index is 14.3. The molecule has 2 aliphatic heterocycles. The number of aliphatic hydroxyl groups excluding tert-OH is 6. The maximum absolute atomic E-state index is 14.3. The molecule has 9 atom stereocenters. The number of unbranched alkanes of at least 4 members (excludes halogenated alkanes) is 45. The van der Waals surface area contributed by atoms with Crippen LogP contribution < -0.4 is 0 Å². The number of esters is 3. The highest BCUT2D eigenvalue weighted by atomic mass is 17.0. The summed E-state index contributed by atoms with van der Waals surface area (Å²) in [7, 11) is 0. The minimum atomic E-state index is -4.11. The van der Waals surface area contributed by atoms with Gasteiger partial charge in [0.05, 0.1) is 13.2 Å². The minimum absolute atomic E-state index is 0.218. The molecule has 0 aliphatic carbocycles. The topological polar surface area (TPSA) is 268 Å². The monoisotopic (exact) mass is 1350 g/mol. The summed E-state index contributed by atoms with van der Waals surface area (Å²) in [4.78, 5) is 42.4. The summed E-state index contributed by atoms with van der Waals surface area (Å²) in [5, 5.41) is 92.1. The molecule has 0 aromatic rings. The van der Waals surface area contributed by atoms with Gasteiger partial charge in [0.1, 0.15) is 31.0 Å². The van der Waals surface area contributed by atoms with Gasteiger partial charge in [-0.1, -0.05) is 288 Å². The van der Waals surface area contributed by atoms with Gasteiger partial charge in [-0.15, -0.1) is 0 Å². The molecule has 0 aromatic carbocycles. The number of aliphatic hydroxyl groups is 8. The molecule has 0 saturated carbocycles. The van der Waals surface area contributed by atoms with E-state index in [1.165, 1.54) is 116 Å². The SMILES string of the molecule is CCCCCCCC/C=C/CCCCCCCCCCCC(=O)O[C@@]1(OC2(CO)O[C@H](CO)[C@@H](O)[C@@H]2O)O[C@H](CO)[C@@H](O)[C@@](O)(OC(=O)CCCCCCCCCCC/C=C/CCCCCCCC)[C@]1(O)OC(=O)CCCCCCCCCCC/C=C/CCCCCCCC. The van der Waals surface area contributed by atoms with Crippen molar-refractivity contribution in [2.45, 2.75) is 421 Å². The maximum Gasteiger partial charge on any atom is 0.409 e. The molecule has 95 heavy (non-hydrogen) atoms. The average molecular weight is 1350 g/mol. The molecule has 0 amide bonds. The lowest BCUT2D eigenvalue weighted by Crippen LogP contribution is -2.84. The van der Waals surface area contributed by atoms with Crippen LogP contribution in [0, 0.1) is 0 Å². The molecule has 2 heterocycles. The van der Waals surface area contributed by atoms with Crippen molar-refractivity contribution in [2.24, 2.45) is 0 Å². The Morgan fingerprint density at radius 3 is 0.905 bits per heavy atom. The van der Waals surface area contributed by atoms with Gasteiger partial charge in [-0.05, 0) is 96.3 Å². The number of allylic oxidation sites excluding steroid dienone is 6. The zero-order valence-corrected chi connectivity index (χ0v) is 60.4. The first-order valence-corrected chi connectivity index (χ1v) is 39.2. The van der Waals surface area contributed by atoms with Gasteiger partial charge in [0.15, 0.2) is 6.10 Å². The number of carbonyl (C=O) groups excluding carboxylic acids is 3. The van der Waals surface area contributed by atoms with E-state index in [9.17, 15) is 55.2 Å². The highest BCUT2D eigenvalue weighted by Gasteiger charge is 2.83. The van der Waals surface area contributed by atoms with Gasteiger partial charge in [-0.3, -0.25) is 19.1 Å². The molecule has 2 fully saturated rings. The molecule has 0 spiro atoms. The predicted molar refractivity (Wildman–Crippen MR) is 378 cm³/mol. The second kappa shape index (κ2) is 56.9. The fourth-order valence-corrected chi connectivity index (χ4v) is 12.9. The van der Waals surface area contributed by atoms with E-state index in [-0.39, 0.29) is 32.1 Å². The van der Waals surface area contributed by atoms with Gasteiger partial charge >= 0.3 is 35.5 Å². The standard InChI is InChI=1S/C78H142O17/c1-4-7-10-13-16-19-22-25-28-31-34-37-40-43-46-49-52-55-58-61-69(82)92-76(88)73(86)68(65-80)91-78(95-75(66-81)74(87)72(85)67(64-79)90-75,94-71(84)63-60-57-54-51-48-45-42-39-36-33-30-27-24-21-18-15-12-9-6-3)77(76,89)93-70(83)62-59-56-53-50-47-44-41-38-35-32-29-26-23-20-17-14-11-8-5-2/h25-30,67-68,72-74,79-81,85-89H,4-24,31-66H2,1-3H3/b28-25+,29-26+,30-27+/t67-,68-,72-,73-,74+,75?,76-,77+,78+/m1/s1. The van der Waals surface area contributed by atoms with Crippen molar-refractivity contribution < 1.29 is 83.7 Å². The second-order valence-corrected chi connectivity index (χ2v) is 27.7. The molecule has 556 valence electrons. The van der Waals surface area contributed by atoms with Crippen LogP contribution in [0.2, 0.25) is 0 Å². The number of rotatable bonds is 65. The van der Waals surface area contributed by atoms with Crippen molar-refractivity contribution in [3.63, 3.8) is 0 Å². The molecule has 17 heteroatoms. The van der Waals surface area contributed by atoms with Gasteiger partial charge in [-0.2, -0.15) is 0 Å². The van der Waals surface area contributed by atoms with Gasteiger partial charge in [0, 0.05) is 19.3 Å². The van der Waals surface area contributed by atoms with E-state index in [4.69, 9.17) is 28.4 Å².